The standard InChI is InChI=1S/C18H17NO3/c1-21-18(20)12-6-7-15-14-4-2-3-5-16(14)19(17(15)10-12)13-8-9-22-11-13/h2-7,10,13H,8-9,11H2,1H3/t13-/m1/s1. The van der Waals surface area contributed by atoms with Gasteiger partial charge in [0, 0.05) is 22.9 Å². The average molecular weight is 295 g/mol. The van der Waals surface area contributed by atoms with Gasteiger partial charge in [-0.15, -0.1) is 0 Å². The van der Waals surface area contributed by atoms with Crippen LogP contribution in [0.4, 0.5) is 0 Å². The van der Waals surface area contributed by atoms with Crippen LogP contribution in [0.2, 0.25) is 0 Å². The van der Waals surface area contributed by atoms with Crippen LogP contribution in [-0.4, -0.2) is 30.9 Å². The van der Waals surface area contributed by atoms with Crippen molar-refractivity contribution in [2.45, 2.75) is 12.5 Å². The second-order valence-electron chi connectivity index (χ2n) is 5.63. The van der Waals surface area contributed by atoms with E-state index in [4.69, 9.17) is 9.47 Å². The molecule has 0 radical (unpaired) electrons. The first-order valence-electron chi connectivity index (χ1n) is 7.48. The number of benzene rings is 2. The number of carbonyl (C=O) groups is 1. The lowest BCUT2D eigenvalue weighted by atomic mass is 10.1. The molecule has 1 aliphatic rings. The van der Waals surface area contributed by atoms with Gasteiger partial charge >= 0.3 is 5.97 Å². The minimum atomic E-state index is -0.304. The molecular formula is C18H17NO3. The first-order chi connectivity index (χ1) is 10.8. The zero-order valence-electron chi connectivity index (χ0n) is 12.4. The summed E-state index contributed by atoms with van der Waals surface area (Å²) in [7, 11) is 1.41. The first kappa shape index (κ1) is 13.3. The van der Waals surface area contributed by atoms with Gasteiger partial charge in [0.15, 0.2) is 0 Å². The predicted molar refractivity (Wildman–Crippen MR) is 85.3 cm³/mol. The van der Waals surface area contributed by atoms with Crippen molar-refractivity contribution in [3.8, 4) is 0 Å². The molecular weight excluding hydrogens is 278 g/mol. The highest BCUT2D eigenvalue weighted by molar-refractivity contribution is 6.09. The lowest BCUT2D eigenvalue weighted by molar-refractivity contribution is 0.0601. The fourth-order valence-corrected chi connectivity index (χ4v) is 3.36. The van der Waals surface area contributed by atoms with Crippen molar-refractivity contribution in [2.75, 3.05) is 20.3 Å². The highest BCUT2D eigenvalue weighted by Gasteiger charge is 2.22. The van der Waals surface area contributed by atoms with Crippen LogP contribution in [0.15, 0.2) is 42.5 Å². The highest BCUT2D eigenvalue weighted by atomic mass is 16.5. The van der Waals surface area contributed by atoms with Crippen molar-refractivity contribution in [1.82, 2.24) is 4.57 Å². The number of hydrogen-bond donors (Lipinski definition) is 0. The Morgan fingerprint density at radius 3 is 2.77 bits per heavy atom. The Morgan fingerprint density at radius 1 is 1.18 bits per heavy atom. The van der Waals surface area contributed by atoms with E-state index in [-0.39, 0.29) is 5.97 Å². The molecule has 0 bridgehead atoms. The SMILES string of the molecule is COC(=O)c1ccc2c3ccccc3n([C@@H]3CCOC3)c2c1. The number of fused-ring (bicyclic) bond motifs is 3. The third kappa shape index (κ3) is 1.91. The summed E-state index contributed by atoms with van der Waals surface area (Å²) in [6, 6.07) is 14.4. The Morgan fingerprint density at radius 2 is 2.00 bits per heavy atom. The number of hydrogen-bond acceptors (Lipinski definition) is 3. The van der Waals surface area contributed by atoms with Crippen molar-refractivity contribution < 1.29 is 14.3 Å². The van der Waals surface area contributed by atoms with Crippen molar-refractivity contribution >= 4 is 27.8 Å². The van der Waals surface area contributed by atoms with Crippen LogP contribution >= 0.6 is 0 Å². The molecule has 0 N–H and O–H groups in total. The second kappa shape index (κ2) is 5.14. The number of para-hydroxylation sites is 1. The van der Waals surface area contributed by atoms with Gasteiger partial charge in [0.1, 0.15) is 0 Å². The molecule has 2 heterocycles. The number of carbonyl (C=O) groups excluding carboxylic acids is 1. The Labute approximate surface area is 128 Å². The van der Waals surface area contributed by atoms with Crippen molar-refractivity contribution in [3.63, 3.8) is 0 Å². The summed E-state index contributed by atoms with van der Waals surface area (Å²) in [5, 5.41) is 2.37. The molecule has 4 heteroatoms. The normalized spacial score (nSPS) is 18.1. The molecule has 1 atom stereocenters. The molecule has 4 rings (SSSR count). The van der Waals surface area contributed by atoms with Gasteiger partial charge in [-0.25, -0.2) is 4.79 Å². The van der Waals surface area contributed by atoms with E-state index in [2.05, 4.69) is 22.8 Å². The van der Waals surface area contributed by atoms with Gasteiger partial charge in [0.2, 0.25) is 0 Å². The van der Waals surface area contributed by atoms with Gasteiger partial charge in [0.05, 0.1) is 30.8 Å². The molecule has 2 aromatic carbocycles. The summed E-state index contributed by atoms with van der Waals surface area (Å²) in [6.45, 7) is 1.51. The largest absolute Gasteiger partial charge is 0.465 e. The van der Waals surface area contributed by atoms with Gasteiger partial charge < -0.3 is 14.0 Å². The fraction of sp³-hybridized carbons (Fsp3) is 0.278. The van der Waals surface area contributed by atoms with Crippen LogP contribution in [0.3, 0.4) is 0 Å². The van der Waals surface area contributed by atoms with Crippen LogP contribution in [0, 0.1) is 0 Å². The summed E-state index contributed by atoms with van der Waals surface area (Å²) >= 11 is 0. The third-order valence-electron chi connectivity index (χ3n) is 4.40. The average Bonchev–Trinajstić information content (AvgIpc) is 3.18. The second-order valence-corrected chi connectivity index (χ2v) is 5.63. The number of ether oxygens (including phenoxy) is 2. The van der Waals surface area contributed by atoms with Crippen LogP contribution in [0.25, 0.3) is 21.8 Å². The van der Waals surface area contributed by atoms with E-state index in [0.29, 0.717) is 11.6 Å². The van der Waals surface area contributed by atoms with E-state index < -0.39 is 0 Å². The molecule has 112 valence electrons. The number of rotatable bonds is 2. The molecule has 3 aromatic rings. The molecule has 0 unspecified atom stereocenters. The molecule has 1 aromatic heterocycles. The van der Waals surface area contributed by atoms with Crippen molar-refractivity contribution in [2.24, 2.45) is 0 Å². The minimum Gasteiger partial charge on any atom is -0.465 e. The van der Waals surface area contributed by atoms with E-state index in [1.807, 2.05) is 24.3 Å². The van der Waals surface area contributed by atoms with Crippen LogP contribution in [0.5, 0.6) is 0 Å². The summed E-state index contributed by atoms with van der Waals surface area (Å²) in [5.41, 5.74) is 2.84. The van der Waals surface area contributed by atoms with Crippen LogP contribution in [-0.2, 0) is 9.47 Å². The lowest BCUT2D eigenvalue weighted by Crippen LogP contribution is -2.09. The summed E-state index contributed by atoms with van der Waals surface area (Å²) in [5.74, 6) is -0.304. The van der Waals surface area contributed by atoms with Crippen molar-refractivity contribution in [1.29, 1.82) is 0 Å². The number of methoxy groups -OCH3 is 1. The van der Waals surface area contributed by atoms with Gasteiger partial charge in [-0.3, -0.25) is 0 Å². The predicted octanol–water partition coefficient (Wildman–Crippen LogP) is 3.54. The number of nitrogens with zero attached hydrogens (tertiary/aromatic N) is 1. The highest BCUT2D eigenvalue weighted by Crippen LogP contribution is 2.35. The number of aromatic nitrogens is 1. The maximum Gasteiger partial charge on any atom is 0.337 e. The molecule has 0 spiro atoms. The zero-order valence-corrected chi connectivity index (χ0v) is 12.4. The summed E-state index contributed by atoms with van der Waals surface area (Å²) in [6.07, 6.45) is 0.996. The lowest BCUT2D eigenvalue weighted by Gasteiger charge is -2.14. The van der Waals surface area contributed by atoms with E-state index >= 15 is 0 Å². The van der Waals surface area contributed by atoms with Crippen LogP contribution < -0.4 is 0 Å². The Balaban J connectivity index is 2.04. The molecule has 22 heavy (non-hydrogen) atoms. The Kier molecular flexibility index (Phi) is 3.12. The zero-order chi connectivity index (χ0) is 15.1. The molecule has 0 aliphatic carbocycles. The van der Waals surface area contributed by atoms with E-state index in [9.17, 15) is 4.79 Å². The summed E-state index contributed by atoms with van der Waals surface area (Å²) in [4.78, 5) is 11.8. The maximum atomic E-state index is 11.8. The fourth-order valence-electron chi connectivity index (χ4n) is 3.36. The number of esters is 1. The molecule has 4 nitrogen and oxygen atoms in total. The van der Waals surface area contributed by atoms with E-state index in [1.165, 1.54) is 18.0 Å². The topological polar surface area (TPSA) is 40.5 Å². The van der Waals surface area contributed by atoms with E-state index in [1.54, 1.807) is 0 Å². The monoisotopic (exact) mass is 295 g/mol. The van der Waals surface area contributed by atoms with Gasteiger partial charge in [-0.05, 0) is 24.6 Å². The molecule has 0 amide bonds. The smallest absolute Gasteiger partial charge is 0.337 e. The molecule has 1 saturated heterocycles. The Hall–Kier alpha value is -2.33. The maximum absolute atomic E-state index is 11.8. The molecule has 0 saturated carbocycles. The molecule has 1 fully saturated rings. The van der Waals surface area contributed by atoms with Crippen LogP contribution in [0.1, 0.15) is 22.8 Å². The summed E-state index contributed by atoms with van der Waals surface area (Å²) < 4.78 is 12.7. The van der Waals surface area contributed by atoms with E-state index in [0.717, 1.165) is 30.5 Å². The third-order valence-corrected chi connectivity index (χ3v) is 4.40. The van der Waals surface area contributed by atoms with Crippen molar-refractivity contribution in [3.05, 3.63) is 48.0 Å². The van der Waals surface area contributed by atoms with Gasteiger partial charge in [-0.2, -0.15) is 0 Å². The van der Waals surface area contributed by atoms with Gasteiger partial charge in [-0.1, -0.05) is 24.3 Å². The first-order valence-corrected chi connectivity index (χ1v) is 7.48. The van der Waals surface area contributed by atoms with Gasteiger partial charge in [0.25, 0.3) is 0 Å². The quantitative estimate of drug-likeness (QED) is 0.679. The molecule has 1 aliphatic heterocycles. The minimum absolute atomic E-state index is 0.304. The Bertz CT molecular complexity index is 859.